The van der Waals surface area contributed by atoms with Crippen molar-refractivity contribution >= 4 is 22.4 Å². The average Bonchev–Trinajstić information content (AvgIpc) is 2.85. The van der Waals surface area contributed by atoms with Gasteiger partial charge in [-0.1, -0.05) is 25.2 Å². The third-order valence-corrected chi connectivity index (χ3v) is 3.58. The van der Waals surface area contributed by atoms with E-state index in [0.717, 1.165) is 10.8 Å². The summed E-state index contributed by atoms with van der Waals surface area (Å²) in [5.41, 5.74) is 0.536. The number of aromatic nitrogens is 2. The second-order valence-electron chi connectivity index (χ2n) is 4.38. The molecular weight excluding hydrogens is 250 g/mol. The lowest BCUT2D eigenvalue weighted by atomic mass is 10.2. The molecule has 0 radical (unpaired) electrons. The summed E-state index contributed by atoms with van der Waals surface area (Å²) in [6.07, 6.45) is 0. The molecule has 0 unspecified atom stereocenters. The van der Waals surface area contributed by atoms with E-state index in [0.29, 0.717) is 22.4 Å². The largest absolute Gasteiger partial charge is 0.466 e. The molecule has 0 saturated carbocycles. The number of carbonyl (C=O) groups is 1. The van der Waals surface area contributed by atoms with Gasteiger partial charge in [0, 0.05) is 5.92 Å². The van der Waals surface area contributed by atoms with Gasteiger partial charge in [-0.2, -0.15) is 0 Å². The predicted molar refractivity (Wildman–Crippen MR) is 70.1 cm³/mol. The lowest BCUT2D eigenvalue weighted by molar-refractivity contribution is 0.102. The van der Waals surface area contributed by atoms with E-state index in [1.54, 1.807) is 13.0 Å². The molecule has 0 spiro atoms. The Kier molecular flexibility index (Phi) is 3.47. The van der Waals surface area contributed by atoms with E-state index in [9.17, 15) is 4.79 Å². The van der Waals surface area contributed by atoms with Crippen molar-refractivity contribution in [1.29, 1.82) is 0 Å². The zero-order valence-corrected chi connectivity index (χ0v) is 11.6. The third-order valence-electron chi connectivity index (χ3n) is 2.44. The quantitative estimate of drug-likeness (QED) is 0.925. The monoisotopic (exact) mass is 265 g/mol. The number of nitrogens with zero attached hydrogens (tertiary/aromatic N) is 2. The number of hydrogen-bond donors (Lipinski definition) is 1. The van der Waals surface area contributed by atoms with Gasteiger partial charge in [-0.15, -0.1) is 10.2 Å². The average molecular weight is 265 g/mol. The van der Waals surface area contributed by atoms with Crippen LogP contribution in [0.25, 0.3) is 0 Å². The first-order valence-corrected chi connectivity index (χ1v) is 6.51. The smallest absolute Gasteiger partial charge is 0.261 e. The van der Waals surface area contributed by atoms with Gasteiger partial charge < -0.3 is 4.42 Å². The van der Waals surface area contributed by atoms with E-state index in [1.165, 1.54) is 11.3 Å². The van der Waals surface area contributed by atoms with E-state index in [4.69, 9.17) is 4.42 Å². The van der Waals surface area contributed by atoms with Crippen molar-refractivity contribution in [2.45, 2.75) is 33.6 Å². The van der Waals surface area contributed by atoms with E-state index in [-0.39, 0.29) is 5.91 Å². The van der Waals surface area contributed by atoms with Crippen molar-refractivity contribution < 1.29 is 9.21 Å². The molecule has 0 saturated heterocycles. The Morgan fingerprint density at radius 1 is 1.39 bits per heavy atom. The molecule has 2 aromatic heterocycles. The molecule has 0 aliphatic heterocycles. The summed E-state index contributed by atoms with van der Waals surface area (Å²) < 4.78 is 5.32. The van der Waals surface area contributed by atoms with Crippen LogP contribution in [0, 0.1) is 13.8 Å². The van der Waals surface area contributed by atoms with E-state index < -0.39 is 0 Å². The van der Waals surface area contributed by atoms with E-state index >= 15 is 0 Å². The molecule has 0 bridgehead atoms. The standard InChI is InChI=1S/C12H15N3O2S/c1-6(2)11-14-15-12(18-11)13-10(16)9-5-7(3)17-8(9)4/h5-6H,1-4H3,(H,13,15,16). The summed E-state index contributed by atoms with van der Waals surface area (Å²) in [4.78, 5) is 12.0. The molecule has 2 rings (SSSR count). The fourth-order valence-corrected chi connectivity index (χ4v) is 2.28. The van der Waals surface area contributed by atoms with Gasteiger partial charge in [-0.05, 0) is 19.9 Å². The van der Waals surface area contributed by atoms with E-state index in [2.05, 4.69) is 15.5 Å². The lowest BCUT2D eigenvalue weighted by Crippen LogP contribution is -2.11. The van der Waals surface area contributed by atoms with Crippen molar-refractivity contribution in [2.24, 2.45) is 0 Å². The van der Waals surface area contributed by atoms with Crippen molar-refractivity contribution in [3.8, 4) is 0 Å². The Hall–Kier alpha value is -1.69. The summed E-state index contributed by atoms with van der Waals surface area (Å²) in [6.45, 7) is 7.65. The first-order valence-electron chi connectivity index (χ1n) is 5.69. The van der Waals surface area contributed by atoms with Crippen LogP contribution in [0.2, 0.25) is 0 Å². The highest BCUT2D eigenvalue weighted by Crippen LogP contribution is 2.23. The highest BCUT2D eigenvalue weighted by molar-refractivity contribution is 7.15. The van der Waals surface area contributed by atoms with Gasteiger partial charge in [0.15, 0.2) is 0 Å². The van der Waals surface area contributed by atoms with Crippen LogP contribution in [0.3, 0.4) is 0 Å². The number of nitrogens with one attached hydrogen (secondary N) is 1. The molecule has 0 aromatic carbocycles. The Labute approximate surface area is 109 Å². The molecule has 1 amide bonds. The summed E-state index contributed by atoms with van der Waals surface area (Å²) in [5.74, 6) is 1.43. The van der Waals surface area contributed by atoms with Gasteiger partial charge in [-0.3, -0.25) is 10.1 Å². The van der Waals surface area contributed by atoms with Gasteiger partial charge in [0.05, 0.1) is 5.56 Å². The van der Waals surface area contributed by atoms with Gasteiger partial charge in [-0.25, -0.2) is 0 Å². The third kappa shape index (κ3) is 2.59. The van der Waals surface area contributed by atoms with Crippen LogP contribution in [-0.2, 0) is 0 Å². The van der Waals surface area contributed by atoms with Crippen LogP contribution in [0.1, 0.15) is 46.7 Å². The van der Waals surface area contributed by atoms with Crippen molar-refractivity contribution in [3.63, 3.8) is 0 Å². The zero-order chi connectivity index (χ0) is 13.3. The maximum Gasteiger partial charge on any atom is 0.261 e. The highest BCUT2D eigenvalue weighted by atomic mass is 32.1. The molecule has 0 fully saturated rings. The Morgan fingerprint density at radius 2 is 2.11 bits per heavy atom. The number of carbonyl (C=O) groups excluding carboxylic acids is 1. The van der Waals surface area contributed by atoms with Gasteiger partial charge in [0.1, 0.15) is 16.5 Å². The molecule has 2 aromatic rings. The minimum Gasteiger partial charge on any atom is -0.466 e. The molecule has 0 atom stereocenters. The molecule has 0 aliphatic rings. The molecule has 2 heterocycles. The Morgan fingerprint density at radius 3 is 2.61 bits per heavy atom. The second kappa shape index (κ2) is 4.89. The summed E-state index contributed by atoms with van der Waals surface area (Å²) in [6, 6.07) is 1.72. The topological polar surface area (TPSA) is 68.0 Å². The minimum atomic E-state index is -0.212. The molecule has 1 N–H and O–H groups in total. The first kappa shape index (κ1) is 12.8. The van der Waals surface area contributed by atoms with Crippen molar-refractivity contribution in [3.05, 3.63) is 28.2 Å². The summed E-state index contributed by atoms with van der Waals surface area (Å²) in [5, 5.41) is 12.1. The predicted octanol–water partition coefficient (Wildman–Crippen LogP) is 3.12. The maximum atomic E-state index is 12.0. The molecule has 0 aliphatic carbocycles. The zero-order valence-electron chi connectivity index (χ0n) is 10.8. The minimum absolute atomic E-state index is 0.212. The van der Waals surface area contributed by atoms with Gasteiger partial charge >= 0.3 is 0 Å². The molecule has 6 heteroatoms. The number of furan rings is 1. The number of anilines is 1. The van der Waals surface area contributed by atoms with Crippen LogP contribution in [-0.4, -0.2) is 16.1 Å². The number of aryl methyl sites for hydroxylation is 2. The first-order chi connectivity index (χ1) is 8.47. The molecule has 96 valence electrons. The molecular formula is C12H15N3O2S. The van der Waals surface area contributed by atoms with E-state index in [1.807, 2.05) is 20.8 Å². The van der Waals surface area contributed by atoms with Crippen molar-refractivity contribution in [2.75, 3.05) is 5.32 Å². The number of hydrogen-bond acceptors (Lipinski definition) is 5. The van der Waals surface area contributed by atoms with Gasteiger partial charge in [0.25, 0.3) is 5.91 Å². The molecule has 5 nitrogen and oxygen atoms in total. The van der Waals surface area contributed by atoms with Gasteiger partial charge in [0.2, 0.25) is 5.13 Å². The number of rotatable bonds is 3. The summed E-state index contributed by atoms with van der Waals surface area (Å²) in [7, 11) is 0. The van der Waals surface area contributed by atoms with Crippen LogP contribution >= 0.6 is 11.3 Å². The number of amides is 1. The fourth-order valence-electron chi connectivity index (χ4n) is 1.54. The maximum absolute atomic E-state index is 12.0. The van der Waals surface area contributed by atoms with Crippen LogP contribution in [0.4, 0.5) is 5.13 Å². The Bertz CT molecular complexity index is 572. The summed E-state index contributed by atoms with van der Waals surface area (Å²) >= 11 is 1.39. The van der Waals surface area contributed by atoms with Crippen LogP contribution in [0.5, 0.6) is 0 Å². The Balaban J connectivity index is 2.13. The second-order valence-corrected chi connectivity index (χ2v) is 5.39. The normalized spacial score (nSPS) is 10.9. The van der Waals surface area contributed by atoms with Crippen LogP contribution in [0.15, 0.2) is 10.5 Å². The van der Waals surface area contributed by atoms with Crippen LogP contribution < -0.4 is 5.32 Å². The lowest BCUT2D eigenvalue weighted by Gasteiger charge is -1.98. The fraction of sp³-hybridized carbons (Fsp3) is 0.417. The molecule has 18 heavy (non-hydrogen) atoms. The highest BCUT2D eigenvalue weighted by Gasteiger charge is 2.16. The van der Waals surface area contributed by atoms with Crippen molar-refractivity contribution in [1.82, 2.24) is 10.2 Å². The SMILES string of the molecule is Cc1cc(C(=O)Nc2nnc(C(C)C)s2)c(C)o1.